The Hall–Kier alpha value is -2.37. The number of hydrogen-bond acceptors (Lipinski definition) is 3. The van der Waals surface area contributed by atoms with E-state index in [-0.39, 0.29) is 18.8 Å². The third-order valence-corrected chi connectivity index (χ3v) is 2.96. The van der Waals surface area contributed by atoms with Crippen molar-refractivity contribution >= 4 is 23.6 Å². The number of carbonyl (C=O) groups is 3. The normalized spacial score (nSPS) is 11.5. The standard InChI is InChI=1S/C15H20N2O4/c1-3-11-6-4-5-7-12(11)16-15(21)17-13(18)8-10(2)9-14(19)20/h4-7,10H,3,8-9H2,1-2H3,(H,19,20)(H2,16,17,18,21). The molecule has 0 saturated heterocycles. The molecule has 1 aromatic rings. The lowest BCUT2D eigenvalue weighted by molar-refractivity contribution is -0.138. The van der Waals surface area contributed by atoms with E-state index in [4.69, 9.17) is 5.11 Å². The molecule has 114 valence electrons. The van der Waals surface area contributed by atoms with Crippen LogP contribution in [0.2, 0.25) is 0 Å². The van der Waals surface area contributed by atoms with Crippen molar-refractivity contribution in [2.45, 2.75) is 33.1 Å². The summed E-state index contributed by atoms with van der Waals surface area (Å²) in [6, 6.07) is 6.72. The van der Waals surface area contributed by atoms with E-state index in [1.165, 1.54) is 0 Å². The summed E-state index contributed by atoms with van der Waals surface area (Å²) in [6.07, 6.45) is 0.656. The first-order valence-electron chi connectivity index (χ1n) is 6.82. The number of carboxylic acids is 1. The van der Waals surface area contributed by atoms with Crippen LogP contribution in [0.3, 0.4) is 0 Å². The van der Waals surface area contributed by atoms with Crippen LogP contribution in [0, 0.1) is 5.92 Å². The van der Waals surface area contributed by atoms with Gasteiger partial charge in [0.25, 0.3) is 0 Å². The Morgan fingerprint density at radius 1 is 1.19 bits per heavy atom. The van der Waals surface area contributed by atoms with Crippen molar-refractivity contribution < 1.29 is 19.5 Å². The maximum Gasteiger partial charge on any atom is 0.325 e. The molecule has 6 heteroatoms. The second-order valence-corrected chi connectivity index (χ2v) is 4.92. The van der Waals surface area contributed by atoms with E-state index in [0.29, 0.717) is 5.69 Å². The van der Waals surface area contributed by atoms with Gasteiger partial charge in [-0.2, -0.15) is 0 Å². The lowest BCUT2D eigenvalue weighted by Crippen LogP contribution is -2.35. The molecule has 1 atom stereocenters. The van der Waals surface area contributed by atoms with Crippen LogP contribution in [-0.4, -0.2) is 23.0 Å². The molecule has 0 aliphatic carbocycles. The summed E-state index contributed by atoms with van der Waals surface area (Å²) in [5.74, 6) is -1.77. The minimum absolute atomic E-state index is 0.00482. The average Bonchev–Trinajstić information content (AvgIpc) is 2.37. The number of carbonyl (C=O) groups excluding carboxylic acids is 2. The van der Waals surface area contributed by atoms with Gasteiger partial charge in [0.05, 0.1) is 0 Å². The molecule has 0 aliphatic rings. The molecule has 3 N–H and O–H groups in total. The van der Waals surface area contributed by atoms with Crippen molar-refractivity contribution in [3.05, 3.63) is 29.8 Å². The summed E-state index contributed by atoms with van der Waals surface area (Å²) in [7, 11) is 0. The number of benzene rings is 1. The first kappa shape index (κ1) is 16.7. The number of hydrogen-bond donors (Lipinski definition) is 3. The molecule has 0 spiro atoms. The summed E-state index contributed by atoms with van der Waals surface area (Å²) in [5, 5.41) is 13.4. The van der Waals surface area contributed by atoms with Crippen LogP contribution in [0.5, 0.6) is 0 Å². The van der Waals surface area contributed by atoms with Gasteiger partial charge in [0.1, 0.15) is 0 Å². The topological polar surface area (TPSA) is 95.5 Å². The monoisotopic (exact) mass is 292 g/mol. The quantitative estimate of drug-likeness (QED) is 0.750. The first-order valence-corrected chi connectivity index (χ1v) is 6.82. The number of nitrogens with one attached hydrogen (secondary N) is 2. The number of aliphatic carboxylic acids is 1. The van der Waals surface area contributed by atoms with E-state index < -0.39 is 17.9 Å². The van der Waals surface area contributed by atoms with Gasteiger partial charge >= 0.3 is 12.0 Å². The van der Waals surface area contributed by atoms with Gasteiger partial charge < -0.3 is 10.4 Å². The molecule has 21 heavy (non-hydrogen) atoms. The number of para-hydroxylation sites is 1. The van der Waals surface area contributed by atoms with E-state index in [0.717, 1.165) is 12.0 Å². The van der Waals surface area contributed by atoms with Gasteiger partial charge in [0, 0.05) is 18.5 Å². The Labute approximate surface area is 123 Å². The molecular formula is C15H20N2O4. The lowest BCUT2D eigenvalue weighted by atomic mass is 10.0. The van der Waals surface area contributed by atoms with Crippen molar-refractivity contribution in [3.63, 3.8) is 0 Å². The van der Waals surface area contributed by atoms with Gasteiger partial charge in [0.2, 0.25) is 5.91 Å². The van der Waals surface area contributed by atoms with Gasteiger partial charge in [-0.25, -0.2) is 4.79 Å². The fourth-order valence-electron chi connectivity index (χ4n) is 1.97. The van der Waals surface area contributed by atoms with Gasteiger partial charge in [-0.05, 0) is 24.0 Å². The highest BCUT2D eigenvalue weighted by molar-refractivity contribution is 6.01. The highest BCUT2D eigenvalue weighted by Gasteiger charge is 2.15. The number of aryl methyl sites for hydroxylation is 1. The molecule has 0 saturated carbocycles. The Bertz CT molecular complexity index is 528. The van der Waals surface area contributed by atoms with Crippen molar-refractivity contribution in [1.29, 1.82) is 0 Å². The second-order valence-electron chi connectivity index (χ2n) is 4.92. The highest BCUT2D eigenvalue weighted by atomic mass is 16.4. The molecule has 1 aromatic carbocycles. The Morgan fingerprint density at radius 3 is 2.48 bits per heavy atom. The van der Waals surface area contributed by atoms with Crippen LogP contribution >= 0.6 is 0 Å². The van der Waals surface area contributed by atoms with E-state index in [1.807, 2.05) is 19.1 Å². The number of anilines is 1. The molecule has 3 amide bonds. The largest absolute Gasteiger partial charge is 0.481 e. The molecule has 0 fully saturated rings. The molecule has 1 unspecified atom stereocenters. The fourth-order valence-corrected chi connectivity index (χ4v) is 1.97. The van der Waals surface area contributed by atoms with Crippen LogP contribution in [0.4, 0.5) is 10.5 Å². The molecule has 0 heterocycles. The van der Waals surface area contributed by atoms with Gasteiger partial charge in [0.15, 0.2) is 0 Å². The lowest BCUT2D eigenvalue weighted by Gasteiger charge is -2.11. The van der Waals surface area contributed by atoms with E-state index in [2.05, 4.69) is 10.6 Å². The van der Waals surface area contributed by atoms with Crippen molar-refractivity contribution in [2.75, 3.05) is 5.32 Å². The summed E-state index contributed by atoms with van der Waals surface area (Å²) >= 11 is 0. The number of carboxylic acid groups (broad SMARTS) is 1. The summed E-state index contributed by atoms with van der Waals surface area (Å²) in [6.45, 7) is 3.62. The minimum Gasteiger partial charge on any atom is -0.481 e. The molecule has 1 rings (SSSR count). The molecule has 0 radical (unpaired) electrons. The van der Waals surface area contributed by atoms with Crippen molar-refractivity contribution in [1.82, 2.24) is 5.32 Å². The number of rotatable bonds is 6. The summed E-state index contributed by atoms with van der Waals surface area (Å²) in [4.78, 5) is 33.9. The number of amides is 3. The maximum absolute atomic E-state index is 11.7. The molecular weight excluding hydrogens is 272 g/mol. The highest BCUT2D eigenvalue weighted by Crippen LogP contribution is 2.15. The van der Waals surface area contributed by atoms with Crippen molar-refractivity contribution in [3.8, 4) is 0 Å². The third-order valence-electron chi connectivity index (χ3n) is 2.96. The zero-order valence-electron chi connectivity index (χ0n) is 12.2. The Balaban J connectivity index is 2.50. The zero-order valence-corrected chi connectivity index (χ0v) is 12.2. The van der Waals surface area contributed by atoms with Crippen LogP contribution in [0.1, 0.15) is 32.3 Å². The number of urea groups is 1. The van der Waals surface area contributed by atoms with Gasteiger partial charge in [-0.1, -0.05) is 32.0 Å². The Morgan fingerprint density at radius 2 is 1.86 bits per heavy atom. The molecule has 0 aliphatic heterocycles. The molecule has 6 nitrogen and oxygen atoms in total. The van der Waals surface area contributed by atoms with Crippen LogP contribution in [0.15, 0.2) is 24.3 Å². The van der Waals surface area contributed by atoms with Crippen molar-refractivity contribution in [2.24, 2.45) is 5.92 Å². The average molecular weight is 292 g/mol. The zero-order chi connectivity index (χ0) is 15.8. The predicted molar refractivity (Wildman–Crippen MR) is 79.0 cm³/mol. The summed E-state index contributed by atoms with van der Waals surface area (Å²) in [5.41, 5.74) is 1.63. The molecule has 0 bridgehead atoms. The van der Waals surface area contributed by atoms with Gasteiger partial charge in [-0.3, -0.25) is 14.9 Å². The SMILES string of the molecule is CCc1ccccc1NC(=O)NC(=O)CC(C)CC(=O)O. The van der Waals surface area contributed by atoms with E-state index in [1.54, 1.807) is 19.1 Å². The van der Waals surface area contributed by atoms with Crippen LogP contribution < -0.4 is 10.6 Å². The van der Waals surface area contributed by atoms with E-state index >= 15 is 0 Å². The van der Waals surface area contributed by atoms with Gasteiger partial charge in [-0.15, -0.1) is 0 Å². The minimum atomic E-state index is -0.961. The predicted octanol–water partition coefficient (Wildman–Crippen LogP) is 2.40. The Kier molecular flexibility index (Phi) is 6.39. The smallest absolute Gasteiger partial charge is 0.325 e. The maximum atomic E-state index is 11.7. The second kappa shape index (κ2) is 8.04. The first-order chi connectivity index (χ1) is 9.92. The molecule has 0 aromatic heterocycles. The van der Waals surface area contributed by atoms with E-state index in [9.17, 15) is 14.4 Å². The fraction of sp³-hybridized carbons (Fsp3) is 0.400. The number of imide groups is 1. The van der Waals surface area contributed by atoms with Crippen LogP contribution in [-0.2, 0) is 16.0 Å². The third kappa shape index (κ3) is 6.07. The summed E-state index contributed by atoms with van der Waals surface area (Å²) < 4.78 is 0. The van der Waals surface area contributed by atoms with Crippen LogP contribution in [0.25, 0.3) is 0 Å².